The van der Waals surface area contributed by atoms with Crippen molar-refractivity contribution in [1.29, 1.82) is 0 Å². The number of nitrogens with one attached hydrogen (secondary N) is 2. The van der Waals surface area contributed by atoms with Gasteiger partial charge >= 0.3 is 12.1 Å². The summed E-state index contributed by atoms with van der Waals surface area (Å²) in [6.07, 6.45) is 3.21. The summed E-state index contributed by atoms with van der Waals surface area (Å²) in [5, 5.41) is 14.8. The third-order valence-corrected chi connectivity index (χ3v) is 7.38. The second-order valence-corrected chi connectivity index (χ2v) is 9.39. The molecule has 0 spiro atoms. The molecule has 7 heteroatoms. The van der Waals surface area contributed by atoms with Crippen LogP contribution in [0.3, 0.4) is 0 Å². The highest BCUT2D eigenvalue weighted by Crippen LogP contribution is 2.55. The van der Waals surface area contributed by atoms with E-state index < -0.39 is 18.1 Å². The van der Waals surface area contributed by atoms with Crippen LogP contribution in [0.5, 0.6) is 0 Å². The average molecular weight is 449 g/mol. The lowest BCUT2D eigenvalue weighted by molar-refractivity contribution is -0.137. The minimum atomic E-state index is -1.01. The minimum Gasteiger partial charge on any atom is -0.481 e. The van der Waals surface area contributed by atoms with Crippen LogP contribution in [0.25, 0.3) is 11.1 Å². The van der Waals surface area contributed by atoms with E-state index in [9.17, 15) is 14.4 Å². The number of carboxylic acids is 1. The van der Waals surface area contributed by atoms with Gasteiger partial charge < -0.3 is 20.5 Å². The molecule has 3 aliphatic rings. The molecular weight excluding hydrogens is 420 g/mol. The zero-order valence-electron chi connectivity index (χ0n) is 18.4. The molecule has 3 atom stereocenters. The van der Waals surface area contributed by atoms with E-state index in [1.807, 2.05) is 36.4 Å². The second kappa shape index (κ2) is 8.54. The Balaban J connectivity index is 1.23. The first-order valence-corrected chi connectivity index (χ1v) is 11.6. The van der Waals surface area contributed by atoms with Gasteiger partial charge in [-0.3, -0.25) is 9.59 Å². The van der Waals surface area contributed by atoms with Crippen LogP contribution >= 0.6 is 0 Å². The molecule has 172 valence electrons. The van der Waals surface area contributed by atoms with Crippen molar-refractivity contribution in [2.24, 2.45) is 5.92 Å². The van der Waals surface area contributed by atoms with Crippen LogP contribution in [0, 0.1) is 5.92 Å². The van der Waals surface area contributed by atoms with Crippen LogP contribution in [-0.2, 0) is 14.3 Å². The van der Waals surface area contributed by atoms with E-state index in [1.165, 1.54) is 0 Å². The molecule has 2 fully saturated rings. The topological polar surface area (TPSA) is 105 Å². The first-order chi connectivity index (χ1) is 16.0. The summed E-state index contributed by atoms with van der Waals surface area (Å²) in [4.78, 5) is 36.6. The Morgan fingerprint density at radius 3 is 2.30 bits per heavy atom. The van der Waals surface area contributed by atoms with Gasteiger partial charge in [-0.2, -0.15) is 0 Å². The fraction of sp³-hybridized carbons (Fsp3) is 0.423. The molecule has 2 aromatic carbocycles. The largest absolute Gasteiger partial charge is 0.481 e. The molecule has 0 bridgehead atoms. The van der Waals surface area contributed by atoms with Gasteiger partial charge in [-0.05, 0) is 53.9 Å². The number of benzene rings is 2. The molecule has 0 aromatic heterocycles. The highest BCUT2D eigenvalue weighted by atomic mass is 16.5. The lowest BCUT2D eigenvalue weighted by Gasteiger charge is -2.22. The predicted octanol–water partition coefficient (Wildman–Crippen LogP) is 3.82. The predicted molar refractivity (Wildman–Crippen MR) is 122 cm³/mol. The number of hydrogen-bond donors (Lipinski definition) is 3. The van der Waals surface area contributed by atoms with Crippen LogP contribution in [0.4, 0.5) is 4.79 Å². The fourth-order valence-electron chi connectivity index (χ4n) is 5.60. The Morgan fingerprint density at radius 1 is 1.06 bits per heavy atom. The van der Waals surface area contributed by atoms with Crippen molar-refractivity contribution in [3.63, 3.8) is 0 Å². The van der Waals surface area contributed by atoms with Gasteiger partial charge in [0, 0.05) is 17.9 Å². The number of alkyl carbamates (subject to hydrolysis) is 1. The molecule has 33 heavy (non-hydrogen) atoms. The minimum absolute atomic E-state index is 0.0199. The Hall–Kier alpha value is -3.35. The maximum Gasteiger partial charge on any atom is 0.407 e. The number of amides is 2. The Bertz CT molecular complexity index is 1050. The number of carbonyl (C=O) groups is 3. The molecule has 1 unspecified atom stereocenters. The average Bonchev–Trinajstić information content (AvgIpc) is 3.18. The van der Waals surface area contributed by atoms with Crippen molar-refractivity contribution >= 4 is 18.0 Å². The lowest BCUT2D eigenvalue weighted by Crippen LogP contribution is -2.51. The maximum absolute atomic E-state index is 12.9. The number of carboxylic acid groups (broad SMARTS) is 1. The van der Waals surface area contributed by atoms with Gasteiger partial charge in [-0.1, -0.05) is 55.0 Å². The van der Waals surface area contributed by atoms with Crippen molar-refractivity contribution in [3.8, 4) is 11.1 Å². The Kier molecular flexibility index (Phi) is 5.56. The highest BCUT2D eigenvalue weighted by molar-refractivity contribution is 5.87. The summed E-state index contributed by atoms with van der Waals surface area (Å²) in [7, 11) is 0. The first-order valence-electron chi connectivity index (χ1n) is 11.6. The summed E-state index contributed by atoms with van der Waals surface area (Å²) >= 11 is 0. The van der Waals surface area contributed by atoms with Crippen molar-refractivity contribution in [3.05, 3.63) is 59.7 Å². The fourth-order valence-corrected chi connectivity index (χ4v) is 5.60. The summed E-state index contributed by atoms with van der Waals surface area (Å²) < 4.78 is 5.56. The third kappa shape index (κ3) is 4.19. The van der Waals surface area contributed by atoms with Gasteiger partial charge in [-0.25, -0.2) is 4.79 Å². The molecule has 0 radical (unpaired) electrons. The molecule has 2 saturated carbocycles. The second-order valence-electron chi connectivity index (χ2n) is 9.39. The molecule has 0 saturated heterocycles. The number of carbonyl (C=O) groups excluding carboxylic acids is 2. The molecule has 3 N–H and O–H groups in total. The van der Waals surface area contributed by atoms with Crippen LogP contribution in [0.15, 0.2) is 48.5 Å². The molecule has 7 nitrogen and oxygen atoms in total. The lowest BCUT2D eigenvalue weighted by atomic mass is 9.98. The number of aliphatic carboxylic acids is 1. The SMILES string of the molecule is O=C(O)CCC(NC(=O)OCC1c2ccccc2-c2ccccc21)C(=O)N[C@@]12CCC[C@@H]1C2. The number of hydrogen-bond acceptors (Lipinski definition) is 4. The molecule has 0 aliphatic heterocycles. The first kappa shape index (κ1) is 21.5. The van der Waals surface area contributed by atoms with Crippen molar-refractivity contribution < 1.29 is 24.2 Å². The molecule has 5 rings (SSSR count). The summed E-state index contributed by atoms with van der Waals surface area (Å²) in [5.41, 5.74) is 4.33. The molecule has 3 aliphatic carbocycles. The number of fused-ring (bicyclic) bond motifs is 4. The van der Waals surface area contributed by atoms with Crippen LogP contribution in [0.2, 0.25) is 0 Å². The summed E-state index contributed by atoms with van der Waals surface area (Å²) in [6, 6.07) is 15.2. The Morgan fingerprint density at radius 2 is 1.73 bits per heavy atom. The quantitative estimate of drug-likeness (QED) is 0.570. The van der Waals surface area contributed by atoms with Crippen molar-refractivity contribution in [2.45, 2.75) is 56.0 Å². The van der Waals surface area contributed by atoms with E-state index in [2.05, 4.69) is 22.8 Å². The van der Waals surface area contributed by atoms with Gasteiger partial charge in [0.25, 0.3) is 0 Å². The standard InChI is InChI=1S/C26H28N2O5/c29-23(30)12-11-22(24(31)28-26-13-5-6-16(26)14-26)27-25(32)33-15-21-19-9-3-1-7-17(19)18-8-2-4-10-20(18)21/h1-4,7-10,16,21-22H,5-6,11-15H2,(H,27,32)(H,28,31)(H,29,30)/t16-,22?,26-/m1/s1. The Labute approximate surface area is 192 Å². The van der Waals surface area contributed by atoms with Crippen molar-refractivity contribution in [1.82, 2.24) is 10.6 Å². The van der Waals surface area contributed by atoms with E-state index in [1.54, 1.807) is 0 Å². The van der Waals surface area contributed by atoms with Gasteiger partial charge in [0.1, 0.15) is 12.6 Å². The van der Waals surface area contributed by atoms with Crippen LogP contribution < -0.4 is 10.6 Å². The van der Waals surface area contributed by atoms with Gasteiger partial charge in [0.05, 0.1) is 0 Å². The van der Waals surface area contributed by atoms with E-state index in [4.69, 9.17) is 9.84 Å². The molecule has 0 heterocycles. The van der Waals surface area contributed by atoms with E-state index in [0.717, 1.165) is 47.9 Å². The zero-order valence-corrected chi connectivity index (χ0v) is 18.4. The van der Waals surface area contributed by atoms with E-state index in [-0.39, 0.29) is 36.8 Å². The molecular formula is C26H28N2O5. The third-order valence-electron chi connectivity index (χ3n) is 7.38. The van der Waals surface area contributed by atoms with Crippen LogP contribution in [0.1, 0.15) is 55.6 Å². The molecule has 2 aromatic rings. The maximum atomic E-state index is 12.9. The van der Waals surface area contributed by atoms with E-state index >= 15 is 0 Å². The van der Waals surface area contributed by atoms with Crippen LogP contribution in [-0.4, -0.2) is 41.3 Å². The van der Waals surface area contributed by atoms with Gasteiger partial charge in [0.2, 0.25) is 5.91 Å². The smallest absolute Gasteiger partial charge is 0.407 e. The highest BCUT2D eigenvalue weighted by Gasteiger charge is 2.58. The van der Waals surface area contributed by atoms with Crippen molar-refractivity contribution in [2.75, 3.05) is 6.61 Å². The number of ether oxygens (including phenoxy) is 1. The van der Waals surface area contributed by atoms with Gasteiger partial charge in [-0.15, -0.1) is 0 Å². The monoisotopic (exact) mass is 448 g/mol. The molecule has 2 amide bonds. The normalized spacial score (nSPS) is 23.1. The van der Waals surface area contributed by atoms with Gasteiger partial charge in [0.15, 0.2) is 0 Å². The summed E-state index contributed by atoms with van der Waals surface area (Å²) in [5.74, 6) is -0.908. The summed E-state index contributed by atoms with van der Waals surface area (Å²) in [6.45, 7) is 0.138. The zero-order chi connectivity index (χ0) is 23.0. The number of rotatable bonds is 8. The van der Waals surface area contributed by atoms with E-state index in [0.29, 0.717) is 5.92 Å².